The summed E-state index contributed by atoms with van der Waals surface area (Å²) in [6, 6.07) is 12.4. The highest BCUT2D eigenvalue weighted by molar-refractivity contribution is 7.92. The molecule has 0 aliphatic heterocycles. The van der Waals surface area contributed by atoms with Crippen molar-refractivity contribution in [2.75, 3.05) is 17.1 Å². The fraction of sp³-hybridized carbons (Fsp3) is 0.250. The highest BCUT2D eigenvalue weighted by atomic mass is 35.5. The molecule has 1 amide bonds. The molecule has 0 radical (unpaired) electrons. The number of hydrogen-bond acceptors (Lipinski definition) is 4. The molecule has 0 fully saturated rings. The lowest BCUT2D eigenvalue weighted by Crippen LogP contribution is -2.39. The average molecular weight is 541 g/mol. The van der Waals surface area contributed by atoms with E-state index in [1.165, 1.54) is 6.21 Å². The molecule has 0 aliphatic carbocycles. The first-order chi connectivity index (χ1) is 16.7. The Morgan fingerprint density at radius 1 is 1.11 bits per heavy atom. The standard InChI is InChI=1S/C24H24ClF3N4O3S/c1-15-5-7-19(8-6-15)32-16(2)11-18(17(32)3)13-29-30-23(33)14-31(36(4,34)35)20-9-10-22(25)21(12-20)24(26,27)28/h5-13H,14H2,1-4H3,(H,30,33)/b29-13-. The Kier molecular flexibility index (Phi) is 7.85. The zero-order valence-electron chi connectivity index (χ0n) is 19.9. The fourth-order valence-electron chi connectivity index (χ4n) is 3.63. The number of hydrazone groups is 1. The lowest BCUT2D eigenvalue weighted by molar-refractivity contribution is -0.137. The number of nitrogens with one attached hydrogen (secondary N) is 1. The fourth-order valence-corrected chi connectivity index (χ4v) is 4.71. The van der Waals surface area contributed by atoms with Crippen molar-refractivity contribution in [2.45, 2.75) is 26.9 Å². The Morgan fingerprint density at radius 3 is 2.33 bits per heavy atom. The van der Waals surface area contributed by atoms with Gasteiger partial charge in [-0.25, -0.2) is 13.8 Å². The van der Waals surface area contributed by atoms with E-state index in [-0.39, 0.29) is 5.69 Å². The maximum absolute atomic E-state index is 13.2. The first kappa shape index (κ1) is 27.3. The SMILES string of the molecule is Cc1ccc(-n2c(C)cc(/C=N\NC(=O)CN(c3ccc(Cl)c(C(F)(F)F)c3)S(C)(=O)=O)c2C)cc1. The second kappa shape index (κ2) is 10.4. The predicted molar refractivity (Wildman–Crippen MR) is 134 cm³/mol. The van der Waals surface area contributed by atoms with Crippen LogP contribution in [-0.4, -0.2) is 37.9 Å². The van der Waals surface area contributed by atoms with Crippen LogP contribution in [0.5, 0.6) is 0 Å². The molecule has 2 aromatic carbocycles. The van der Waals surface area contributed by atoms with E-state index in [2.05, 4.69) is 10.5 Å². The van der Waals surface area contributed by atoms with Crippen molar-refractivity contribution in [3.63, 3.8) is 0 Å². The molecular formula is C24H24ClF3N4O3S. The molecule has 192 valence electrons. The van der Waals surface area contributed by atoms with Crippen molar-refractivity contribution < 1.29 is 26.4 Å². The van der Waals surface area contributed by atoms with Crippen LogP contribution in [0, 0.1) is 20.8 Å². The van der Waals surface area contributed by atoms with Gasteiger partial charge in [-0.2, -0.15) is 18.3 Å². The second-order valence-corrected chi connectivity index (χ2v) is 10.5. The van der Waals surface area contributed by atoms with E-state index >= 15 is 0 Å². The monoisotopic (exact) mass is 540 g/mol. The van der Waals surface area contributed by atoms with E-state index in [0.717, 1.165) is 46.6 Å². The molecule has 0 saturated heterocycles. The van der Waals surface area contributed by atoms with Crippen LogP contribution in [0.3, 0.4) is 0 Å². The van der Waals surface area contributed by atoms with Gasteiger partial charge < -0.3 is 4.57 Å². The maximum atomic E-state index is 13.2. The second-order valence-electron chi connectivity index (χ2n) is 8.22. The van der Waals surface area contributed by atoms with E-state index in [9.17, 15) is 26.4 Å². The molecule has 0 bridgehead atoms. The van der Waals surface area contributed by atoms with Crippen LogP contribution in [0.2, 0.25) is 5.02 Å². The number of aryl methyl sites for hydroxylation is 2. The number of benzene rings is 2. The largest absolute Gasteiger partial charge is 0.417 e. The number of carbonyl (C=O) groups excluding carboxylic acids is 1. The summed E-state index contributed by atoms with van der Waals surface area (Å²) < 4.78 is 66.7. The molecule has 0 saturated carbocycles. The van der Waals surface area contributed by atoms with E-state index in [0.29, 0.717) is 10.4 Å². The number of rotatable bonds is 7. The smallest absolute Gasteiger partial charge is 0.318 e. The van der Waals surface area contributed by atoms with Crippen molar-refractivity contribution in [2.24, 2.45) is 5.10 Å². The maximum Gasteiger partial charge on any atom is 0.417 e. The minimum atomic E-state index is -4.80. The van der Waals surface area contributed by atoms with Crippen molar-refractivity contribution in [1.29, 1.82) is 0 Å². The Morgan fingerprint density at radius 2 is 1.75 bits per heavy atom. The van der Waals surface area contributed by atoms with Gasteiger partial charge in [0.1, 0.15) is 6.54 Å². The van der Waals surface area contributed by atoms with Gasteiger partial charge >= 0.3 is 6.18 Å². The molecule has 0 aliphatic rings. The van der Waals surface area contributed by atoms with Gasteiger partial charge in [0.15, 0.2) is 0 Å². The van der Waals surface area contributed by atoms with Gasteiger partial charge in [0.2, 0.25) is 10.0 Å². The first-order valence-corrected chi connectivity index (χ1v) is 12.8. The van der Waals surface area contributed by atoms with Gasteiger partial charge in [-0.3, -0.25) is 9.10 Å². The zero-order chi connectivity index (χ0) is 26.8. The van der Waals surface area contributed by atoms with E-state index in [1.807, 2.05) is 55.7 Å². The summed E-state index contributed by atoms with van der Waals surface area (Å²) in [4.78, 5) is 12.4. The minimum absolute atomic E-state index is 0.352. The number of aromatic nitrogens is 1. The lowest BCUT2D eigenvalue weighted by Gasteiger charge is -2.22. The van der Waals surface area contributed by atoms with Crippen molar-refractivity contribution in [1.82, 2.24) is 9.99 Å². The molecule has 36 heavy (non-hydrogen) atoms. The van der Waals surface area contributed by atoms with Crippen LogP contribution in [0.1, 0.15) is 28.1 Å². The summed E-state index contributed by atoms with van der Waals surface area (Å²) in [6.07, 6.45) is -2.60. The highest BCUT2D eigenvalue weighted by Gasteiger charge is 2.34. The van der Waals surface area contributed by atoms with Crippen LogP contribution in [0.15, 0.2) is 53.6 Å². The molecule has 1 aromatic heterocycles. The first-order valence-electron chi connectivity index (χ1n) is 10.6. The molecular weight excluding hydrogens is 517 g/mol. The summed E-state index contributed by atoms with van der Waals surface area (Å²) in [7, 11) is -4.10. The molecule has 0 atom stereocenters. The molecule has 12 heteroatoms. The van der Waals surface area contributed by atoms with Crippen LogP contribution < -0.4 is 9.73 Å². The number of anilines is 1. The van der Waals surface area contributed by atoms with Gasteiger partial charge in [-0.15, -0.1) is 0 Å². The number of sulfonamides is 1. The van der Waals surface area contributed by atoms with Crippen LogP contribution in [0.4, 0.5) is 18.9 Å². The summed E-state index contributed by atoms with van der Waals surface area (Å²) in [5, 5.41) is 3.32. The van der Waals surface area contributed by atoms with Gasteiger partial charge in [-0.1, -0.05) is 29.3 Å². The Hall–Kier alpha value is -3.31. The third kappa shape index (κ3) is 6.27. The molecule has 0 spiro atoms. The molecule has 3 rings (SSSR count). The average Bonchev–Trinajstić information content (AvgIpc) is 3.05. The number of hydrogen-bond donors (Lipinski definition) is 1. The normalized spacial score (nSPS) is 12.2. The number of nitrogens with zero attached hydrogens (tertiary/aromatic N) is 3. The molecule has 0 unspecified atom stereocenters. The van der Waals surface area contributed by atoms with Gasteiger partial charge in [-0.05, 0) is 57.2 Å². The summed E-state index contributed by atoms with van der Waals surface area (Å²) in [6.45, 7) is 5.03. The van der Waals surface area contributed by atoms with Crippen LogP contribution in [-0.2, 0) is 21.0 Å². The quantitative estimate of drug-likeness (QED) is 0.338. The number of carbonyl (C=O) groups is 1. The Balaban J connectivity index is 1.78. The molecule has 3 aromatic rings. The van der Waals surface area contributed by atoms with E-state index in [4.69, 9.17) is 11.6 Å². The predicted octanol–water partition coefficient (Wildman–Crippen LogP) is 4.99. The molecule has 1 N–H and O–H groups in total. The number of amides is 1. The Bertz CT molecular complexity index is 1420. The van der Waals surface area contributed by atoms with E-state index < -0.39 is 39.2 Å². The summed E-state index contributed by atoms with van der Waals surface area (Å²) >= 11 is 5.62. The summed E-state index contributed by atoms with van der Waals surface area (Å²) in [5.74, 6) is -0.840. The highest BCUT2D eigenvalue weighted by Crippen LogP contribution is 2.37. The molecule has 7 nitrogen and oxygen atoms in total. The third-order valence-corrected chi connectivity index (χ3v) is 6.86. The van der Waals surface area contributed by atoms with Crippen molar-refractivity contribution in [3.05, 3.63) is 81.6 Å². The van der Waals surface area contributed by atoms with Crippen molar-refractivity contribution in [3.8, 4) is 5.69 Å². The van der Waals surface area contributed by atoms with Gasteiger partial charge in [0.05, 0.1) is 28.7 Å². The van der Waals surface area contributed by atoms with Crippen LogP contribution >= 0.6 is 11.6 Å². The zero-order valence-corrected chi connectivity index (χ0v) is 21.5. The number of halogens is 4. The topological polar surface area (TPSA) is 83.8 Å². The lowest BCUT2D eigenvalue weighted by atomic mass is 10.2. The van der Waals surface area contributed by atoms with Crippen molar-refractivity contribution >= 4 is 39.4 Å². The van der Waals surface area contributed by atoms with Gasteiger partial charge in [0.25, 0.3) is 5.91 Å². The minimum Gasteiger partial charge on any atom is -0.318 e. The van der Waals surface area contributed by atoms with Crippen LogP contribution in [0.25, 0.3) is 5.69 Å². The number of alkyl halides is 3. The summed E-state index contributed by atoms with van der Waals surface area (Å²) in [5.41, 5.74) is 5.29. The van der Waals surface area contributed by atoms with Gasteiger partial charge in [0, 0.05) is 22.6 Å². The molecule has 1 heterocycles. The Labute approximate surface area is 212 Å². The third-order valence-electron chi connectivity index (χ3n) is 5.39. The van der Waals surface area contributed by atoms with E-state index in [1.54, 1.807) is 0 Å².